The van der Waals surface area contributed by atoms with E-state index in [2.05, 4.69) is 227 Å². The molecule has 15 heteroatoms. The number of aliphatic hydroxyl groups is 4. The number of morpholine rings is 1. The fourth-order valence-electron chi connectivity index (χ4n) is 18.4. The Bertz CT molecular complexity index is 5500. The van der Waals surface area contributed by atoms with Gasteiger partial charge in [0.25, 0.3) is 0 Å². The predicted octanol–water partition coefficient (Wildman–Crippen LogP) is 22.0. The zero-order valence-electron chi connectivity index (χ0n) is 76.4. The first-order chi connectivity index (χ1) is 63.6. The van der Waals surface area contributed by atoms with Gasteiger partial charge in [-0.25, -0.2) is 0 Å². The van der Waals surface area contributed by atoms with Crippen LogP contribution < -0.4 is 15.0 Å². The molecule has 0 aromatic heterocycles. The number of aromatic hydroxyl groups is 4. The molecule has 0 atom stereocenters. The van der Waals surface area contributed by atoms with Crippen LogP contribution in [0.15, 0.2) is 315 Å². The predicted molar refractivity (Wildman–Crippen MR) is 542 cm³/mol. The maximum absolute atomic E-state index is 9.92. The van der Waals surface area contributed by atoms with Gasteiger partial charge in [0.15, 0.2) is 0 Å². The lowest BCUT2D eigenvalue weighted by Gasteiger charge is -2.34. The molecule has 0 aliphatic carbocycles. The Morgan fingerprint density at radius 2 is 0.538 bits per heavy atom. The number of likely N-dealkylation sites (tertiary alicyclic amines) is 2. The number of phenolic OH excluding ortho intramolecular Hbond substituents is 4. The minimum Gasteiger partial charge on any atom is -0.508 e. The van der Waals surface area contributed by atoms with E-state index in [-0.39, 0.29) is 49.4 Å². The summed E-state index contributed by atoms with van der Waals surface area (Å²) >= 11 is 0. The van der Waals surface area contributed by atoms with Crippen molar-refractivity contribution in [3.8, 4) is 23.0 Å². The van der Waals surface area contributed by atoms with Crippen molar-refractivity contribution in [2.75, 3.05) is 128 Å². The highest BCUT2D eigenvalue weighted by Gasteiger charge is 2.29. The van der Waals surface area contributed by atoms with Gasteiger partial charge < -0.3 is 65.2 Å². The molecule has 130 heavy (non-hydrogen) atoms. The van der Waals surface area contributed by atoms with Gasteiger partial charge in [0.05, 0.1) is 21.3 Å². The second-order valence-electron chi connectivity index (χ2n) is 35.2. The van der Waals surface area contributed by atoms with Crippen LogP contribution in [0, 0.1) is 0 Å². The van der Waals surface area contributed by atoms with E-state index in [4.69, 9.17) is 4.74 Å². The molecule has 676 valence electrons. The lowest BCUT2D eigenvalue weighted by molar-refractivity contribution is 0.122. The van der Waals surface area contributed by atoms with Crippen molar-refractivity contribution in [3.05, 3.63) is 388 Å². The van der Waals surface area contributed by atoms with E-state index in [0.717, 1.165) is 152 Å². The lowest BCUT2D eigenvalue weighted by atomic mass is 9.87. The number of benzene rings is 12. The number of allylic oxidation sites excluding steroid dienone is 4. The molecule has 4 fully saturated rings. The molecule has 4 aliphatic rings. The highest BCUT2D eigenvalue weighted by molar-refractivity contribution is 6.90. The molecule has 4 heterocycles. The zero-order chi connectivity index (χ0) is 90.7. The number of ether oxygens (including phenoxy) is 1. The van der Waals surface area contributed by atoms with E-state index in [0.29, 0.717) is 25.7 Å². The van der Waals surface area contributed by atoms with E-state index >= 15 is 0 Å². The van der Waals surface area contributed by atoms with Crippen molar-refractivity contribution in [2.45, 2.75) is 110 Å². The van der Waals surface area contributed by atoms with Crippen molar-refractivity contribution < 1.29 is 45.6 Å². The Labute approximate surface area is 773 Å². The van der Waals surface area contributed by atoms with Crippen LogP contribution in [0.3, 0.4) is 0 Å². The first-order valence-corrected chi connectivity index (χ1v) is 50.2. The van der Waals surface area contributed by atoms with E-state index < -0.39 is 8.07 Å². The highest BCUT2D eigenvalue weighted by Crippen LogP contribution is 2.42. The minimum atomic E-state index is -1.58. The average molecular weight is 1760 g/mol. The van der Waals surface area contributed by atoms with E-state index in [1.165, 1.54) is 138 Å². The Balaban J connectivity index is 0.000000148. The molecule has 16 rings (SSSR count). The van der Waals surface area contributed by atoms with Crippen LogP contribution in [-0.4, -0.2) is 182 Å². The van der Waals surface area contributed by atoms with Gasteiger partial charge in [-0.2, -0.15) is 0 Å². The number of rotatable bonds is 31. The first-order valence-electron chi connectivity index (χ1n) is 47.0. The van der Waals surface area contributed by atoms with Crippen LogP contribution in [0.5, 0.6) is 23.0 Å². The van der Waals surface area contributed by atoms with Crippen LogP contribution in [0.4, 0.5) is 11.4 Å². The Morgan fingerprint density at radius 3 is 0.831 bits per heavy atom. The normalized spacial score (nSPS) is 15.4. The van der Waals surface area contributed by atoms with Crippen molar-refractivity contribution in [1.82, 2.24) is 14.7 Å². The molecule has 0 amide bonds. The number of hydrogen-bond acceptors (Lipinski definition) is 14. The van der Waals surface area contributed by atoms with E-state index in [9.17, 15) is 40.9 Å². The van der Waals surface area contributed by atoms with Crippen LogP contribution in [0.25, 0.3) is 44.6 Å². The standard InChI is InChI=1S/C31H39NO2Si.C29H33NO2.C28H32N2O2.C27H29NO3/c1-35(2,24-32-21-7-4-8-22-32)29-19-15-27(16-20-29)31(26-13-17-28(34)18-14-26)30(12-9-23-33)25-10-5-3-6-11-25;31-21-7-10-28(24-8-3-1-4-9-24)29(26-15-17-27(32)18-16-26)25-13-11-23(12-14-25)22-30-19-5-2-6-20-30;1-29-17-19-30(20-18-29)25-13-9-23(10-14-25)28(24-11-15-26(32)16-12-24)27(8-5-21-31)22-6-3-2-4-7-22;29-18-4-7-26(21-5-2-1-3-6-21)27(23-10-14-25(30)15-11-23)22-8-12-24(13-9-22)28-16-19-31-20-17-28/h3,5-6,10-11,13-20,33-34H,4,7-9,12,21-24H2,1-2H3;1,3-4,8-9,11-18,31-32H,2,5-7,10,19-22H2;2-4,6-7,9-16,31-32H,5,8,17-21H2,1H3;1-3,5-6,8-15,29-30H,4,7,16-20H2/b31-30-;29-28+;28-27+;27-26+. The molecule has 12 aromatic carbocycles. The summed E-state index contributed by atoms with van der Waals surface area (Å²) in [5.74, 6) is 1.05. The van der Waals surface area contributed by atoms with E-state index in [1.807, 2.05) is 84.9 Å². The third kappa shape index (κ3) is 27.5. The zero-order valence-corrected chi connectivity index (χ0v) is 77.4. The molecule has 0 bridgehead atoms. The summed E-state index contributed by atoms with van der Waals surface area (Å²) in [5, 5.41) is 79.2. The largest absolute Gasteiger partial charge is 0.508 e. The summed E-state index contributed by atoms with van der Waals surface area (Å²) in [6.45, 7) is 19.1. The molecule has 0 spiro atoms. The van der Waals surface area contributed by atoms with Crippen LogP contribution >= 0.6 is 0 Å². The number of likely N-dealkylation sites (N-methyl/N-ethyl adjacent to an activating group) is 1. The number of hydrogen-bond donors (Lipinski definition) is 8. The third-order valence-electron chi connectivity index (χ3n) is 25.3. The maximum Gasteiger partial charge on any atom is 0.115 e. The SMILES string of the molecule is CN1CCN(c2ccc(/C(=C(/CCCO)c3ccccc3)c3ccc(O)cc3)cc2)CC1.C[Si](C)(CN1CCCCC1)c1ccc(/C(=C(/CCCO)c2ccccc2)c2ccc(O)cc2)cc1.OCCC/C(=C(\c1ccc(O)cc1)c1ccc(CN2CCCCC2)cc1)c1ccccc1.OCCC/C(=C(\c1ccc(O)cc1)c1ccc(N2CCOCC2)cc1)c1ccccc1. The molecular formula is C115H133N5O9Si. The average Bonchev–Trinajstić information content (AvgIpc) is 0.798. The van der Waals surface area contributed by atoms with E-state index in [1.54, 1.807) is 48.5 Å². The Morgan fingerprint density at radius 1 is 0.277 bits per heavy atom. The maximum atomic E-state index is 9.92. The number of piperazine rings is 1. The van der Waals surface area contributed by atoms with Gasteiger partial charge in [-0.3, -0.25) is 4.90 Å². The van der Waals surface area contributed by atoms with Crippen molar-refractivity contribution in [2.24, 2.45) is 0 Å². The van der Waals surface area contributed by atoms with Gasteiger partial charge in [0.1, 0.15) is 23.0 Å². The van der Waals surface area contributed by atoms with Gasteiger partial charge in [-0.05, 0) is 306 Å². The molecule has 12 aromatic rings. The number of nitrogens with zero attached hydrogens (tertiary/aromatic N) is 5. The molecule has 0 unspecified atom stereocenters. The number of anilines is 2. The third-order valence-corrected chi connectivity index (χ3v) is 28.5. The molecular weight excluding hydrogens is 1620 g/mol. The summed E-state index contributed by atoms with van der Waals surface area (Å²) < 4.78 is 5.48. The monoisotopic (exact) mass is 1760 g/mol. The summed E-state index contributed by atoms with van der Waals surface area (Å²) in [7, 11) is 0.594. The summed E-state index contributed by atoms with van der Waals surface area (Å²) in [6, 6.07) is 107. The van der Waals surface area contributed by atoms with Crippen molar-refractivity contribution in [3.63, 3.8) is 0 Å². The highest BCUT2D eigenvalue weighted by atomic mass is 28.3. The smallest absolute Gasteiger partial charge is 0.115 e. The van der Waals surface area contributed by atoms with Crippen LogP contribution in [-0.2, 0) is 11.3 Å². The van der Waals surface area contributed by atoms with Gasteiger partial charge in [0, 0.05) is 83.6 Å². The van der Waals surface area contributed by atoms with Gasteiger partial charge >= 0.3 is 0 Å². The molecule has 4 aliphatic heterocycles. The first kappa shape index (κ1) is 95.9. The molecule has 14 nitrogen and oxygen atoms in total. The summed E-state index contributed by atoms with van der Waals surface area (Å²) in [5.41, 5.74) is 26.8. The molecule has 4 saturated heterocycles. The molecule has 0 saturated carbocycles. The van der Waals surface area contributed by atoms with Crippen LogP contribution in [0.2, 0.25) is 13.1 Å². The lowest BCUT2D eigenvalue weighted by Crippen LogP contribution is -2.52. The fourth-order valence-corrected chi connectivity index (χ4v) is 21.1. The topological polar surface area (TPSA) is 187 Å². The Kier molecular flexibility index (Phi) is 36.8. The molecule has 8 N–H and O–H groups in total. The van der Waals surface area contributed by atoms with Crippen molar-refractivity contribution >= 4 is 69.2 Å². The molecule has 0 radical (unpaired) electrons. The van der Waals surface area contributed by atoms with Gasteiger partial charge in [-0.15, -0.1) is 0 Å². The Hall–Kier alpha value is -11.7. The summed E-state index contributed by atoms with van der Waals surface area (Å²) in [4.78, 5) is 12.4. The van der Waals surface area contributed by atoms with Gasteiger partial charge in [-0.1, -0.05) is 274 Å². The minimum absolute atomic E-state index is 0.148. The summed E-state index contributed by atoms with van der Waals surface area (Å²) in [6.07, 6.45) is 15.1. The number of aliphatic hydroxyl groups excluding tert-OH is 4. The van der Waals surface area contributed by atoms with Crippen LogP contribution in [0.1, 0.15) is 162 Å². The fraction of sp³-hybridized carbons (Fsp3) is 0.304. The second-order valence-corrected chi connectivity index (χ2v) is 39.9. The number of piperidine rings is 2. The van der Waals surface area contributed by atoms with Gasteiger partial charge in [0.2, 0.25) is 0 Å². The van der Waals surface area contributed by atoms with Crippen molar-refractivity contribution in [1.29, 1.82) is 0 Å². The quantitative estimate of drug-likeness (QED) is 0.0151. The number of phenols is 4. The second kappa shape index (κ2) is 49.9.